The largest absolute Gasteiger partial charge is 0.367 e. The number of anilines is 2. The van der Waals surface area contributed by atoms with Gasteiger partial charge in [0, 0.05) is 56.0 Å². The van der Waals surface area contributed by atoms with Gasteiger partial charge in [0.15, 0.2) is 11.5 Å². The Bertz CT molecular complexity index is 1390. The number of hydrogen-bond donors (Lipinski definition) is 1. The van der Waals surface area contributed by atoms with E-state index >= 15 is 0 Å². The molecule has 0 saturated carbocycles. The molecular formula is C24H24FN7O. The van der Waals surface area contributed by atoms with Crippen LogP contribution in [0.15, 0.2) is 43.0 Å². The number of pyridine rings is 1. The number of carbonyl (C=O) groups excluding carboxylic acids is 1. The van der Waals surface area contributed by atoms with E-state index in [9.17, 15) is 9.18 Å². The van der Waals surface area contributed by atoms with E-state index in [1.54, 1.807) is 42.2 Å². The van der Waals surface area contributed by atoms with Crippen molar-refractivity contribution in [1.82, 2.24) is 24.3 Å². The van der Waals surface area contributed by atoms with Gasteiger partial charge in [0.2, 0.25) is 0 Å². The Balaban J connectivity index is 1.34. The second kappa shape index (κ2) is 7.48. The summed E-state index contributed by atoms with van der Waals surface area (Å²) in [6, 6.07) is 6.10. The van der Waals surface area contributed by atoms with E-state index in [1.165, 1.54) is 18.9 Å². The summed E-state index contributed by atoms with van der Waals surface area (Å²) in [6.45, 7) is 3.67. The van der Waals surface area contributed by atoms with Crippen LogP contribution in [0, 0.1) is 12.7 Å². The number of benzene rings is 1. The first-order chi connectivity index (χ1) is 16.0. The molecule has 0 aliphatic carbocycles. The predicted octanol–water partition coefficient (Wildman–Crippen LogP) is 3.26. The molecule has 2 aliphatic rings. The van der Waals surface area contributed by atoms with Crippen LogP contribution in [0.1, 0.15) is 28.9 Å². The Morgan fingerprint density at radius 1 is 1.09 bits per heavy atom. The van der Waals surface area contributed by atoms with E-state index in [-0.39, 0.29) is 11.6 Å². The van der Waals surface area contributed by atoms with Gasteiger partial charge in [-0.1, -0.05) is 0 Å². The molecule has 0 spiro atoms. The minimum absolute atomic E-state index is 0.229. The third kappa shape index (κ3) is 3.31. The SMILES string of the molecule is Cc1cn2cc(NC(=O)c3ccc(N4CC5CCC(C4)N5C)c4nccnc34)cc(F)c2n1. The number of amides is 1. The molecular weight excluding hydrogens is 421 g/mol. The van der Waals surface area contributed by atoms with Crippen LogP contribution in [0.4, 0.5) is 15.8 Å². The lowest BCUT2D eigenvalue weighted by atomic mass is 10.1. The molecule has 2 unspecified atom stereocenters. The lowest BCUT2D eigenvalue weighted by Crippen LogP contribution is -2.52. The first-order valence-corrected chi connectivity index (χ1v) is 11.1. The molecule has 0 radical (unpaired) electrons. The third-order valence-corrected chi connectivity index (χ3v) is 6.92. The molecule has 5 heterocycles. The highest BCUT2D eigenvalue weighted by atomic mass is 19.1. The summed E-state index contributed by atoms with van der Waals surface area (Å²) in [5.74, 6) is -0.855. The van der Waals surface area contributed by atoms with E-state index in [2.05, 4.69) is 37.1 Å². The molecule has 168 valence electrons. The van der Waals surface area contributed by atoms with Crippen LogP contribution in [-0.4, -0.2) is 62.4 Å². The number of imidazole rings is 1. The molecule has 2 fully saturated rings. The Morgan fingerprint density at radius 3 is 2.58 bits per heavy atom. The van der Waals surface area contributed by atoms with Crippen molar-refractivity contribution < 1.29 is 9.18 Å². The Morgan fingerprint density at radius 2 is 1.82 bits per heavy atom. The minimum Gasteiger partial charge on any atom is -0.367 e. The van der Waals surface area contributed by atoms with Gasteiger partial charge in [-0.3, -0.25) is 19.7 Å². The molecule has 9 heteroatoms. The molecule has 3 aromatic heterocycles. The fraction of sp³-hybridized carbons (Fsp3) is 0.333. The van der Waals surface area contributed by atoms with Gasteiger partial charge >= 0.3 is 0 Å². The summed E-state index contributed by atoms with van der Waals surface area (Å²) in [5, 5.41) is 2.81. The number of halogens is 1. The smallest absolute Gasteiger partial charge is 0.257 e. The number of nitrogens with zero attached hydrogens (tertiary/aromatic N) is 6. The van der Waals surface area contributed by atoms with E-state index in [4.69, 9.17) is 0 Å². The van der Waals surface area contributed by atoms with E-state index in [0.29, 0.717) is 40.1 Å². The number of hydrogen-bond acceptors (Lipinski definition) is 6. The van der Waals surface area contributed by atoms with Gasteiger partial charge in [-0.2, -0.15) is 0 Å². The lowest BCUT2D eigenvalue weighted by molar-refractivity contribution is 0.102. The molecule has 1 amide bonds. The Kier molecular flexibility index (Phi) is 4.55. The fourth-order valence-corrected chi connectivity index (χ4v) is 5.24. The van der Waals surface area contributed by atoms with Gasteiger partial charge in [-0.05, 0) is 38.9 Å². The fourth-order valence-electron chi connectivity index (χ4n) is 5.24. The van der Waals surface area contributed by atoms with Crippen LogP contribution < -0.4 is 10.2 Å². The van der Waals surface area contributed by atoms with Crippen LogP contribution in [0.2, 0.25) is 0 Å². The van der Waals surface area contributed by atoms with Crippen molar-refractivity contribution in [2.75, 3.05) is 30.4 Å². The molecule has 8 nitrogen and oxygen atoms in total. The monoisotopic (exact) mass is 445 g/mol. The molecule has 1 aromatic carbocycles. The summed E-state index contributed by atoms with van der Waals surface area (Å²) >= 11 is 0. The normalized spacial score (nSPS) is 20.6. The molecule has 2 saturated heterocycles. The lowest BCUT2D eigenvalue weighted by Gasteiger charge is -2.40. The average molecular weight is 446 g/mol. The summed E-state index contributed by atoms with van der Waals surface area (Å²) < 4.78 is 16.0. The van der Waals surface area contributed by atoms with Crippen molar-refractivity contribution in [3.8, 4) is 0 Å². The standard InChI is InChI=1S/C24H24FN7O/c1-14-10-32-11-15(9-19(25)23(32)28-14)29-24(33)18-5-6-20(22-21(18)26-7-8-27-22)31-12-16-3-4-17(13-31)30(16)2/h5-11,16-17H,3-4,12-13H2,1-2H3,(H,29,33). The summed E-state index contributed by atoms with van der Waals surface area (Å²) in [7, 11) is 2.20. The highest BCUT2D eigenvalue weighted by molar-refractivity contribution is 6.13. The molecule has 33 heavy (non-hydrogen) atoms. The number of rotatable bonds is 3. The zero-order valence-electron chi connectivity index (χ0n) is 18.5. The Labute approximate surface area is 190 Å². The minimum atomic E-state index is -0.495. The van der Waals surface area contributed by atoms with Gasteiger partial charge in [0.05, 0.1) is 22.6 Å². The molecule has 6 rings (SSSR count). The summed E-state index contributed by atoms with van der Waals surface area (Å²) in [4.78, 5) is 31.2. The quantitative estimate of drug-likeness (QED) is 0.522. The van der Waals surface area contributed by atoms with Crippen LogP contribution in [0.5, 0.6) is 0 Å². The number of piperazine rings is 1. The highest BCUT2D eigenvalue weighted by Gasteiger charge is 2.38. The van der Waals surface area contributed by atoms with Gasteiger partial charge in [0.25, 0.3) is 5.91 Å². The van der Waals surface area contributed by atoms with Gasteiger partial charge < -0.3 is 14.6 Å². The number of aryl methyl sites for hydroxylation is 1. The van der Waals surface area contributed by atoms with E-state index in [1.807, 2.05) is 6.07 Å². The molecule has 2 atom stereocenters. The van der Waals surface area contributed by atoms with Gasteiger partial charge in [-0.25, -0.2) is 9.37 Å². The number of fused-ring (bicyclic) bond motifs is 4. The average Bonchev–Trinajstić information content (AvgIpc) is 3.25. The van der Waals surface area contributed by atoms with Crippen molar-refractivity contribution in [2.45, 2.75) is 31.8 Å². The molecule has 2 bridgehead atoms. The first kappa shape index (κ1) is 20.0. The topological polar surface area (TPSA) is 78.7 Å². The number of likely N-dealkylation sites (N-methyl/N-ethyl adjacent to an activating group) is 1. The molecule has 1 N–H and O–H groups in total. The number of nitrogens with one attached hydrogen (secondary N) is 1. The summed E-state index contributed by atoms with van der Waals surface area (Å²) in [5.41, 5.74) is 3.93. The van der Waals surface area contributed by atoms with Crippen molar-refractivity contribution in [1.29, 1.82) is 0 Å². The maximum Gasteiger partial charge on any atom is 0.257 e. The molecule has 4 aromatic rings. The maximum absolute atomic E-state index is 14.5. The van der Waals surface area contributed by atoms with Crippen molar-refractivity contribution in [2.24, 2.45) is 0 Å². The van der Waals surface area contributed by atoms with E-state index < -0.39 is 5.82 Å². The van der Waals surface area contributed by atoms with Crippen molar-refractivity contribution >= 4 is 34.0 Å². The second-order valence-corrected chi connectivity index (χ2v) is 8.99. The second-order valence-electron chi connectivity index (χ2n) is 8.99. The van der Waals surface area contributed by atoms with Gasteiger partial charge in [-0.15, -0.1) is 0 Å². The Hall–Kier alpha value is -3.59. The third-order valence-electron chi connectivity index (χ3n) is 6.92. The maximum atomic E-state index is 14.5. The zero-order valence-corrected chi connectivity index (χ0v) is 18.5. The van der Waals surface area contributed by atoms with Crippen LogP contribution in [0.3, 0.4) is 0 Å². The molecule has 2 aliphatic heterocycles. The van der Waals surface area contributed by atoms with Crippen molar-refractivity contribution in [3.63, 3.8) is 0 Å². The van der Waals surface area contributed by atoms with Crippen LogP contribution >= 0.6 is 0 Å². The van der Waals surface area contributed by atoms with Crippen molar-refractivity contribution in [3.05, 3.63) is 60.1 Å². The van der Waals surface area contributed by atoms with Gasteiger partial charge in [0.1, 0.15) is 11.0 Å². The number of carbonyl (C=O) groups is 1. The first-order valence-electron chi connectivity index (χ1n) is 11.1. The van der Waals surface area contributed by atoms with E-state index in [0.717, 1.165) is 18.8 Å². The van der Waals surface area contributed by atoms with Crippen LogP contribution in [0.25, 0.3) is 16.7 Å². The van der Waals surface area contributed by atoms with Crippen LogP contribution in [-0.2, 0) is 0 Å². The highest BCUT2D eigenvalue weighted by Crippen LogP contribution is 2.34. The number of aromatic nitrogens is 4. The summed E-state index contributed by atoms with van der Waals surface area (Å²) in [6.07, 6.45) is 9.03. The predicted molar refractivity (Wildman–Crippen MR) is 124 cm³/mol. The zero-order chi connectivity index (χ0) is 22.7.